The fourth-order valence-electron chi connectivity index (χ4n) is 3.98. The maximum atomic E-state index is 12.6. The first-order valence-corrected chi connectivity index (χ1v) is 13.6. The van der Waals surface area contributed by atoms with E-state index in [1.807, 2.05) is 6.92 Å². The fraction of sp³-hybridized carbons (Fsp3) is 0.545. The predicted molar refractivity (Wildman–Crippen MR) is 126 cm³/mol. The van der Waals surface area contributed by atoms with Crippen molar-refractivity contribution in [2.45, 2.75) is 45.6 Å². The summed E-state index contributed by atoms with van der Waals surface area (Å²) >= 11 is 1.17. The van der Waals surface area contributed by atoms with Crippen LogP contribution in [-0.2, 0) is 31.2 Å². The van der Waals surface area contributed by atoms with Gasteiger partial charge < -0.3 is 14.2 Å². The maximum absolute atomic E-state index is 12.6. The lowest BCUT2D eigenvalue weighted by Gasteiger charge is -2.35. The molecule has 2 aromatic rings. The van der Waals surface area contributed by atoms with E-state index in [9.17, 15) is 22.8 Å². The summed E-state index contributed by atoms with van der Waals surface area (Å²) < 4.78 is 32.4. The van der Waals surface area contributed by atoms with Gasteiger partial charge in [0, 0.05) is 19.6 Å². The van der Waals surface area contributed by atoms with Crippen LogP contribution in [0.5, 0.6) is 0 Å². The second-order valence-electron chi connectivity index (χ2n) is 8.03. The van der Waals surface area contributed by atoms with Crippen LogP contribution in [0.15, 0.2) is 23.2 Å². The molecule has 2 amide bonds. The molecule has 0 N–H and O–H groups in total. The highest BCUT2D eigenvalue weighted by atomic mass is 32.2. The molecule has 3 rings (SSSR count). The van der Waals surface area contributed by atoms with Crippen LogP contribution >= 0.6 is 11.3 Å². The van der Waals surface area contributed by atoms with Gasteiger partial charge in [0.05, 0.1) is 22.4 Å². The second kappa shape index (κ2) is 10.6. The number of carbonyl (C=O) groups is 3. The number of piperidine rings is 1. The Labute approximate surface area is 197 Å². The first-order chi connectivity index (χ1) is 15.6. The molecule has 11 heteroatoms. The summed E-state index contributed by atoms with van der Waals surface area (Å²) in [6.45, 7) is 4.52. The summed E-state index contributed by atoms with van der Waals surface area (Å²) in [6, 6.07) is 5.05. The third-order valence-electron chi connectivity index (χ3n) is 5.65. The average molecular weight is 496 g/mol. The Balaban J connectivity index is 1.75. The van der Waals surface area contributed by atoms with E-state index in [0.717, 1.165) is 31.2 Å². The highest BCUT2D eigenvalue weighted by Gasteiger charge is 2.29. The molecule has 1 aliphatic heterocycles. The van der Waals surface area contributed by atoms with Crippen molar-refractivity contribution < 1.29 is 27.5 Å². The van der Waals surface area contributed by atoms with Crippen molar-refractivity contribution in [1.82, 2.24) is 9.47 Å². The summed E-state index contributed by atoms with van der Waals surface area (Å²) in [4.78, 5) is 42.9. The Bertz CT molecular complexity index is 1230. The van der Waals surface area contributed by atoms with Crippen molar-refractivity contribution in [1.29, 1.82) is 0 Å². The molecule has 0 saturated carbocycles. The van der Waals surface area contributed by atoms with E-state index in [4.69, 9.17) is 4.74 Å². The predicted octanol–water partition coefficient (Wildman–Crippen LogP) is 2.05. The molecule has 0 radical (unpaired) electrons. The van der Waals surface area contributed by atoms with E-state index in [1.165, 1.54) is 11.3 Å². The van der Waals surface area contributed by atoms with Crippen LogP contribution in [0, 0.1) is 0 Å². The number of hydrogen-bond donors (Lipinski definition) is 0. The van der Waals surface area contributed by atoms with E-state index < -0.39 is 39.1 Å². The molecule has 0 spiro atoms. The number of amides is 2. The van der Waals surface area contributed by atoms with Crippen molar-refractivity contribution >= 4 is 49.2 Å². The minimum Gasteiger partial charge on any atom is -0.462 e. The van der Waals surface area contributed by atoms with Gasteiger partial charge in [-0.1, -0.05) is 18.3 Å². The van der Waals surface area contributed by atoms with Crippen LogP contribution in [0.4, 0.5) is 0 Å². The van der Waals surface area contributed by atoms with Crippen LogP contribution in [0.1, 0.15) is 49.9 Å². The van der Waals surface area contributed by atoms with Crippen LogP contribution in [0.2, 0.25) is 0 Å². The number of esters is 1. The third-order valence-corrected chi connectivity index (χ3v) is 8.11. The molecule has 1 unspecified atom stereocenters. The number of rotatable bonds is 7. The molecule has 1 aromatic heterocycles. The largest absolute Gasteiger partial charge is 0.462 e. The zero-order chi connectivity index (χ0) is 24.2. The standard InChI is InChI=1S/C22H29N3O6S2/c1-4-16-8-6-7-11-25(16)20(27)14-33(29,30)13-19(26)23-22-24(3)17-10-9-15(12-18(17)32-22)21(28)31-5-2/h9-10,12,16H,4-8,11,13-14H2,1-3H3. The van der Waals surface area contributed by atoms with Crippen LogP contribution in [-0.4, -0.2) is 66.4 Å². The number of ether oxygens (including phenoxy) is 1. The van der Waals surface area contributed by atoms with Gasteiger partial charge in [0.2, 0.25) is 5.91 Å². The van der Waals surface area contributed by atoms with Crippen molar-refractivity contribution in [3.05, 3.63) is 28.6 Å². The van der Waals surface area contributed by atoms with Crippen LogP contribution in [0.25, 0.3) is 10.2 Å². The molecule has 33 heavy (non-hydrogen) atoms. The molecule has 0 bridgehead atoms. The topological polar surface area (TPSA) is 115 Å². The fourth-order valence-corrected chi connectivity index (χ4v) is 6.14. The Hall–Kier alpha value is -2.53. The van der Waals surface area contributed by atoms with Crippen LogP contribution in [0.3, 0.4) is 0 Å². The minimum absolute atomic E-state index is 0.0546. The van der Waals surface area contributed by atoms with Crippen molar-refractivity contribution in [3.63, 3.8) is 0 Å². The number of likely N-dealkylation sites (tertiary alicyclic amines) is 1. The van der Waals surface area contributed by atoms with E-state index in [-0.39, 0.29) is 12.6 Å². The summed E-state index contributed by atoms with van der Waals surface area (Å²) in [5.41, 5.74) is 1.13. The molecule has 0 aliphatic carbocycles. The van der Waals surface area contributed by atoms with E-state index >= 15 is 0 Å². The maximum Gasteiger partial charge on any atom is 0.338 e. The number of thiazole rings is 1. The molecule has 2 heterocycles. The first-order valence-electron chi connectivity index (χ1n) is 11.0. The van der Waals surface area contributed by atoms with Crippen LogP contribution < -0.4 is 4.80 Å². The molecule has 180 valence electrons. The molecule has 1 atom stereocenters. The lowest BCUT2D eigenvalue weighted by Crippen LogP contribution is -2.46. The highest BCUT2D eigenvalue weighted by Crippen LogP contribution is 2.21. The lowest BCUT2D eigenvalue weighted by atomic mass is 10.0. The van der Waals surface area contributed by atoms with Gasteiger partial charge in [-0.3, -0.25) is 9.59 Å². The summed E-state index contributed by atoms with van der Waals surface area (Å²) in [5, 5.41) is 0. The quantitative estimate of drug-likeness (QED) is 0.543. The third kappa shape index (κ3) is 6.08. The van der Waals surface area contributed by atoms with Gasteiger partial charge >= 0.3 is 5.97 Å². The van der Waals surface area contributed by atoms with Crippen molar-refractivity contribution in [2.75, 3.05) is 24.7 Å². The van der Waals surface area contributed by atoms with Gasteiger partial charge in [-0.05, 0) is 50.8 Å². The Morgan fingerprint density at radius 1 is 1.18 bits per heavy atom. The summed E-state index contributed by atoms with van der Waals surface area (Å²) in [5.74, 6) is -3.24. The molecule has 1 saturated heterocycles. The SMILES string of the molecule is CCOC(=O)c1ccc2c(c1)sc(=NC(=O)CS(=O)(=O)CC(=O)N1CCCCC1CC)n2C. The number of hydrogen-bond acceptors (Lipinski definition) is 7. The zero-order valence-electron chi connectivity index (χ0n) is 19.1. The van der Waals surface area contributed by atoms with Gasteiger partial charge in [0.25, 0.3) is 5.91 Å². The van der Waals surface area contributed by atoms with Gasteiger partial charge in [0.1, 0.15) is 11.5 Å². The number of carbonyl (C=O) groups excluding carboxylic acids is 3. The summed E-state index contributed by atoms with van der Waals surface area (Å²) in [6.07, 6.45) is 3.54. The molecule has 1 aliphatic rings. The Morgan fingerprint density at radius 2 is 1.94 bits per heavy atom. The molecule has 9 nitrogen and oxygen atoms in total. The highest BCUT2D eigenvalue weighted by molar-refractivity contribution is 7.92. The van der Waals surface area contributed by atoms with Gasteiger partial charge in [0.15, 0.2) is 14.6 Å². The number of nitrogens with zero attached hydrogens (tertiary/aromatic N) is 3. The second-order valence-corrected chi connectivity index (χ2v) is 11.1. The van der Waals surface area contributed by atoms with Gasteiger partial charge in [-0.25, -0.2) is 13.2 Å². The van der Waals surface area contributed by atoms with E-state index in [0.29, 0.717) is 21.6 Å². The normalized spacial score (nSPS) is 17.4. The number of sulfone groups is 1. The molecular weight excluding hydrogens is 466 g/mol. The van der Waals surface area contributed by atoms with Gasteiger partial charge in [-0.15, -0.1) is 0 Å². The number of fused-ring (bicyclic) bond motifs is 1. The Morgan fingerprint density at radius 3 is 2.64 bits per heavy atom. The minimum atomic E-state index is -3.95. The first kappa shape index (κ1) is 25.1. The smallest absolute Gasteiger partial charge is 0.338 e. The molecule has 1 fully saturated rings. The molecular formula is C22H29N3O6S2. The lowest BCUT2D eigenvalue weighted by molar-refractivity contribution is -0.132. The summed E-state index contributed by atoms with van der Waals surface area (Å²) in [7, 11) is -2.25. The number of benzene rings is 1. The van der Waals surface area contributed by atoms with Gasteiger partial charge in [-0.2, -0.15) is 4.99 Å². The molecule has 1 aromatic carbocycles. The van der Waals surface area contributed by atoms with Crippen molar-refractivity contribution in [2.24, 2.45) is 12.0 Å². The van der Waals surface area contributed by atoms with Crippen molar-refractivity contribution in [3.8, 4) is 0 Å². The Kier molecular flexibility index (Phi) is 8.06. The van der Waals surface area contributed by atoms with E-state index in [1.54, 1.807) is 41.6 Å². The number of aromatic nitrogens is 1. The monoisotopic (exact) mass is 495 g/mol. The van der Waals surface area contributed by atoms with E-state index in [2.05, 4.69) is 4.99 Å². The average Bonchev–Trinajstić information content (AvgIpc) is 3.07. The zero-order valence-corrected chi connectivity index (χ0v) is 20.7. The number of aryl methyl sites for hydroxylation is 1.